The van der Waals surface area contributed by atoms with E-state index in [-0.39, 0.29) is 47.6 Å². The van der Waals surface area contributed by atoms with Crippen molar-refractivity contribution in [1.29, 1.82) is 0 Å². The molecule has 0 radical (unpaired) electrons. The zero-order valence-electron chi connectivity index (χ0n) is 33.7. The minimum atomic E-state index is -3.79. The van der Waals surface area contributed by atoms with Crippen LogP contribution in [0.1, 0.15) is 90.9 Å². The fourth-order valence-corrected chi connectivity index (χ4v) is 11.9. The molecule has 0 aromatic heterocycles. The number of fused-ring (bicyclic) bond motifs is 4. The van der Waals surface area contributed by atoms with E-state index in [4.69, 9.17) is 0 Å². The number of unbranched alkanes of at least 4 members (excludes halogenated alkanes) is 4. The van der Waals surface area contributed by atoms with E-state index in [2.05, 4.69) is 16.0 Å². The molecule has 0 saturated carbocycles. The number of benzene rings is 4. The molecule has 4 N–H and O–H groups in total. The van der Waals surface area contributed by atoms with Gasteiger partial charge in [0.2, 0.25) is 27.7 Å². The number of aliphatic hydroxyl groups excluding tert-OH is 1. The molecule has 14 heteroatoms. The summed E-state index contributed by atoms with van der Waals surface area (Å²) < 4.78 is 29.6. The Hall–Kier alpha value is -5.02. The van der Waals surface area contributed by atoms with Gasteiger partial charge in [-0.2, -0.15) is 4.31 Å². The van der Waals surface area contributed by atoms with Gasteiger partial charge in [0.25, 0.3) is 5.91 Å². The minimum Gasteiger partial charge on any atom is -0.394 e. The van der Waals surface area contributed by atoms with Gasteiger partial charge < -0.3 is 20.6 Å². The third kappa shape index (κ3) is 8.60. The van der Waals surface area contributed by atoms with E-state index in [0.717, 1.165) is 76.3 Å². The van der Waals surface area contributed by atoms with Crippen LogP contribution in [0.4, 0.5) is 11.4 Å². The van der Waals surface area contributed by atoms with Gasteiger partial charge in [0.05, 0.1) is 23.6 Å². The number of imide groups is 1. The lowest BCUT2D eigenvalue weighted by Gasteiger charge is -2.39. The van der Waals surface area contributed by atoms with Crippen molar-refractivity contribution in [3.8, 4) is 11.1 Å². The molecule has 4 aromatic rings. The zero-order chi connectivity index (χ0) is 42.0. The Balaban J connectivity index is 0.814. The molecule has 0 aliphatic carbocycles. The number of anilines is 2. The summed E-state index contributed by atoms with van der Waals surface area (Å²) in [6.45, 7) is 2.57. The molecule has 0 spiro atoms. The number of aliphatic hydroxyl groups is 1. The third-order valence-corrected chi connectivity index (χ3v) is 15.4. The van der Waals surface area contributed by atoms with Crippen molar-refractivity contribution in [1.82, 2.24) is 14.5 Å². The van der Waals surface area contributed by atoms with Crippen LogP contribution in [0.15, 0.2) is 94.7 Å². The van der Waals surface area contributed by atoms with Crippen LogP contribution in [0.3, 0.4) is 0 Å². The molecule has 8 rings (SSSR count). The molecule has 4 heterocycles. The lowest BCUT2D eigenvalue weighted by atomic mass is 9.82. The van der Waals surface area contributed by atoms with Crippen molar-refractivity contribution in [2.24, 2.45) is 5.92 Å². The topological polar surface area (TPSA) is 165 Å². The second kappa shape index (κ2) is 17.9. The Kier molecular flexibility index (Phi) is 12.4. The summed E-state index contributed by atoms with van der Waals surface area (Å²) in [6, 6.07) is 25.0. The van der Waals surface area contributed by atoms with Crippen molar-refractivity contribution in [2.45, 2.75) is 99.2 Å². The SMILES string of the molecule is Cc1ccc(S(=O)(=O)N2CC[C@@H]3[C@H](CO)Nc4ccc(-c5cccc(NC(=O)CCCCCCCSc6cccc7c6CN(C6CCC(=O)NC6=O)C7=O)c5)cc4[C@@H]32)cc1. The molecule has 4 aromatic carbocycles. The summed E-state index contributed by atoms with van der Waals surface area (Å²) >= 11 is 1.72. The highest BCUT2D eigenvalue weighted by Gasteiger charge is 2.48. The molecular weight excluding hydrogens is 799 g/mol. The molecular formula is C46H51N5O7S2. The molecule has 4 amide bonds. The standard InChI is InChI=1S/C46H51N5O7S2/c1-29-14-17-33(18-15-29)60(57,58)51-23-22-35-39(28-52)48-38-19-16-31(26-36(38)44(35)51)30-9-7-10-32(25-30)47-42(53)13-5-3-2-4-6-24-59-41-12-8-11-34-37(41)27-50(46(34)56)40-20-21-43(54)49-45(40)55/h7-12,14-19,25-26,35,39-40,44,48,52H,2-6,13,20-24,27-28H2,1H3,(H,47,53)(H,49,54,55)/t35-,39+,40?,44-/m1/s1. The first-order chi connectivity index (χ1) is 29.0. The van der Waals surface area contributed by atoms with Gasteiger partial charge in [0.1, 0.15) is 6.04 Å². The number of thioether (sulfide) groups is 1. The third-order valence-electron chi connectivity index (χ3n) is 12.3. The predicted molar refractivity (Wildman–Crippen MR) is 232 cm³/mol. The fraction of sp³-hybridized carbons (Fsp3) is 0.391. The number of hydrogen-bond donors (Lipinski definition) is 4. The van der Waals surface area contributed by atoms with Crippen LogP contribution in [0.25, 0.3) is 11.1 Å². The molecule has 4 atom stereocenters. The summed E-state index contributed by atoms with van der Waals surface area (Å²) in [6.07, 6.45) is 6.38. The molecule has 60 heavy (non-hydrogen) atoms. The molecule has 2 fully saturated rings. The van der Waals surface area contributed by atoms with E-state index in [0.29, 0.717) is 43.6 Å². The van der Waals surface area contributed by atoms with Gasteiger partial charge in [-0.25, -0.2) is 8.42 Å². The number of rotatable bonds is 15. The van der Waals surface area contributed by atoms with E-state index in [1.54, 1.807) is 33.1 Å². The van der Waals surface area contributed by atoms with E-state index in [1.165, 1.54) is 0 Å². The fourth-order valence-electron chi connectivity index (χ4n) is 9.11. The van der Waals surface area contributed by atoms with Crippen LogP contribution < -0.4 is 16.0 Å². The van der Waals surface area contributed by atoms with Crippen molar-refractivity contribution in [3.05, 3.63) is 107 Å². The smallest absolute Gasteiger partial charge is 0.255 e. The van der Waals surface area contributed by atoms with E-state index in [1.807, 2.05) is 79.7 Å². The maximum absolute atomic E-state index is 14.0. The second-order valence-electron chi connectivity index (χ2n) is 16.2. The normalized spacial score (nSPS) is 21.2. The maximum atomic E-state index is 14.0. The molecule has 314 valence electrons. The maximum Gasteiger partial charge on any atom is 0.255 e. The van der Waals surface area contributed by atoms with Crippen molar-refractivity contribution < 1.29 is 32.7 Å². The van der Waals surface area contributed by atoms with Crippen LogP contribution in [0.2, 0.25) is 0 Å². The number of carbonyl (C=O) groups excluding carboxylic acids is 4. The Labute approximate surface area is 355 Å². The van der Waals surface area contributed by atoms with Gasteiger partial charge >= 0.3 is 0 Å². The van der Waals surface area contributed by atoms with E-state index in [9.17, 15) is 32.7 Å². The minimum absolute atomic E-state index is 0.0445. The number of carbonyl (C=O) groups is 4. The number of aryl methyl sites for hydroxylation is 1. The number of nitrogens with zero attached hydrogens (tertiary/aromatic N) is 2. The van der Waals surface area contributed by atoms with Gasteiger partial charge in [-0.15, -0.1) is 11.8 Å². The van der Waals surface area contributed by atoms with Crippen LogP contribution in [0, 0.1) is 12.8 Å². The van der Waals surface area contributed by atoms with Gasteiger partial charge in [0.15, 0.2) is 0 Å². The summed E-state index contributed by atoms with van der Waals surface area (Å²) in [7, 11) is -3.79. The molecule has 4 aliphatic heterocycles. The highest BCUT2D eigenvalue weighted by molar-refractivity contribution is 7.99. The number of nitrogens with one attached hydrogen (secondary N) is 3. The van der Waals surface area contributed by atoms with E-state index < -0.39 is 28.0 Å². The Morgan fingerprint density at radius 3 is 2.47 bits per heavy atom. The number of sulfonamides is 1. The first-order valence-corrected chi connectivity index (χ1v) is 23.3. The molecule has 2 saturated heterocycles. The molecule has 0 bridgehead atoms. The van der Waals surface area contributed by atoms with Crippen molar-refractivity contribution in [2.75, 3.05) is 29.5 Å². The van der Waals surface area contributed by atoms with Crippen molar-refractivity contribution in [3.63, 3.8) is 0 Å². The summed E-state index contributed by atoms with van der Waals surface area (Å²) in [5.41, 5.74) is 6.76. The molecule has 12 nitrogen and oxygen atoms in total. The van der Waals surface area contributed by atoms with Gasteiger partial charge in [-0.1, -0.05) is 61.2 Å². The molecule has 1 unspecified atom stereocenters. The average Bonchev–Trinajstić information content (AvgIpc) is 3.84. The first kappa shape index (κ1) is 41.7. The van der Waals surface area contributed by atoms with Crippen LogP contribution in [-0.4, -0.2) is 77.3 Å². The first-order valence-electron chi connectivity index (χ1n) is 20.9. The summed E-state index contributed by atoms with van der Waals surface area (Å²) in [5.74, 6) is -0.0949. The van der Waals surface area contributed by atoms with Gasteiger partial charge in [-0.05, 0) is 109 Å². The van der Waals surface area contributed by atoms with Crippen LogP contribution >= 0.6 is 11.8 Å². The average molecular weight is 850 g/mol. The monoisotopic (exact) mass is 849 g/mol. The largest absolute Gasteiger partial charge is 0.394 e. The van der Waals surface area contributed by atoms with E-state index >= 15 is 0 Å². The number of amides is 4. The predicted octanol–water partition coefficient (Wildman–Crippen LogP) is 7.03. The van der Waals surface area contributed by atoms with Gasteiger partial charge in [0, 0.05) is 53.7 Å². The Bertz CT molecular complexity index is 2410. The summed E-state index contributed by atoms with van der Waals surface area (Å²) in [5, 5.41) is 19.2. The number of hydrogen-bond acceptors (Lipinski definition) is 9. The van der Waals surface area contributed by atoms with Crippen molar-refractivity contribution >= 4 is 56.8 Å². The Morgan fingerprint density at radius 1 is 0.900 bits per heavy atom. The second-order valence-corrected chi connectivity index (χ2v) is 19.3. The zero-order valence-corrected chi connectivity index (χ0v) is 35.3. The number of piperidine rings is 1. The van der Waals surface area contributed by atoms with Crippen LogP contribution in [0.5, 0.6) is 0 Å². The lowest BCUT2D eigenvalue weighted by Crippen LogP contribution is -2.52. The quantitative estimate of drug-likeness (QED) is 0.0559. The van der Waals surface area contributed by atoms with Gasteiger partial charge in [-0.3, -0.25) is 24.5 Å². The lowest BCUT2D eigenvalue weighted by molar-refractivity contribution is -0.137. The Morgan fingerprint density at radius 2 is 1.67 bits per heavy atom. The summed E-state index contributed by atoms with van der Waals surface area (Å²) in [4.78, 5) is 53.1. The highest BCUT2D eigenvalue weighted by Crippen LogP contribution is 2.49. The highest BCUT2D eigenvalue weighted by atomic mass is 32.2. The molecule has 4 aliphatic rings. The van der Waals surface area contributed by atoms with Crippen LogP contribution in [-0.2, 0) is 31.0 Å².